The molecule has 0 saturated carbocycles. The summed E-state index contributed by atoms with van der Waals surface area (Å²) in [5.41, 5.74) is 0.629. The molecule has 2 amide bonds. The van der Waals surface area contributed by atoms with Gasteiger partial charge in [0.1, 0.15) is 0 Å². The van der Waals surface area contributed by atoms with Gasteiger partial charge in [0, 0.05) is 25.8 Å². The lowest BCUT2D eigenvalue weighted by atomic mass is 9.99. The Morgan fingerprint density at radius 1 is 1.58 bits per heavy atom. The van der Waals surface area contributed by atoms with E-state index in [0.29, 0.717) is 18.7 Å². The van der Waals surface area contributed by atoms with Gasteiger partial charge in [0.05, 0.1) is 17.8 Å². The largest absolute Gasteiger partial charge is 0.481 e. The molecule has 1 unspecified atom stereocenters. The molecular formula is C12H18N4O3. The van der Waals surface area contributed by atoms with E-state index in [9.17, 15) is 9.59 Å². The third-order valence-electron chi connectivity index (χ3n) is 3.27. The number of urea groups is 1. The highest BCUT2D eigenvalue weighted by Crippen LogP contribution is 2.17. The Labute approximate surface area is 111 Å². The first-order valence-electron chi connectivity index (χ1n) is 6.41. The highest BCUT2D eigenvalue weighted by atomic mass is 16.4. The van der Waals surface area contributed by atoms with Crippen LogP contribution in [0.25, 0.3) is 0 Å². The molecule has 1 saturated heterocycles. The average Bonchev–Trinajstić information content (AvgIpc) is 2.86. The van der Waals surface area contributed by atoms with Crippen molar-refractivity contribution >= 4 is 17.7 Å². The molecule has 2 rings (SSSR count). The molecule has 2 heterocycles. The first kappa shape index (κ1) is 13.4. The zero-order valence-electron chi connectivity index (χ0n) is 10.9. The molecule has 19 heavy (non-hydrogen) atoms. The molecule has 7 nitrogen and oxygen atoms in total. The lowest BCUT2D eigenvalue weighted by molar-refractivity contribution is -0.143. The van der Waals surface area contributed by atoms with Gasteiger partial charge >= 0.3 is 12.0 Å². The van der Waals surface area contributed by atoms with Crippen LogP contribution in [-0.4, -0.2) is 44.9 Å². The second kappa shape index (κ2) is 5.73. The Kier molecular flexibility index (Phi) is 4.03. The van der Waals surface area contributed by atoms with Gasteiger partial charge in [-0.25, -0.2) is 4.79 Å². The number of anilines is 1. The lowest BCUT2D eigenvalue weighted by Crippen LogP contribution is -2.44. The Morgan fingerprint density at radius 3 is 3.00 bits per heavy atom. The van der Waals surface area contributed by atoms with E-state index in [1.165, 1.54) is 0 Å². The van der Waals surface area contributed by atoms with Gasteiger partial charge in [-0.2, -0.15) is 5.10 Å². The molecule has 1 aromatic heterocycles. The number of carboxylic acids is 1. The molecule has 1 aliphatic rings. The van der Waals surface area contributed by atoms with E-state index in [-0.39, 0.29) is 12.6 Å². The monoisotopic (exact) mass is 266 g/mol. The van der Waals surface area contributed by atoms with Gasteiger partial charge < -0.3 is 15.3 Å². The second-order valence-electron chi connectivity index (χ2n) is 4.64. The summed E-state index contributed by atoms with van der Waals surface area (Å²) in [6.07, 6.45) is 4.68. The van der Waals surface area contributed by atoms with Gasteiger partial charge in [0.25, 0.3) is 0 Å². The number of likely N-dealkylation sites (tertiary alicyclic amines) is 1. The zero-order valence-corrected chi connectivity index (χ0v) is 10.9. The quantitative estimate of drug-likeness (QED) is 0.861. The van der Waals surface area contributed by atoms with E-state index < -0.39 is 11.9 Å². The average molecular weight is 266 g/mol. The van der Waals surface area contributed by atoms with Crippen molar-refractivity contribution < 1.29 is 14.7 Å². The summed E-state index contributed by atoms with van der Waals surface area (Å²) in [5, 5.41) is 15.8. The van der Waals surface area contributed by atoms with Crippen molar-refractivity contribution in [1.29, 1.82) is 0 Å². The third-order valence-corrected chi connectivity index (χ3v) is 3.27. The molecule has 1 aromatic rings. The first-order chi connectivity index (χ1) is 9.10. The van der Waals surface area contributed by atoms with E-state index in [1.54, 1.807) is 22.0 Å². The smallest absolute Gasteiger partial charge is 0.321 e. The van der Waals surface area contributed by atoms with Gasteiger partial charge in [-0.3, -0.25) is 9.48 Å². The van der Waals surface area contributed by atoms with Gasteiger partial charge in [0.15, 0.2) is 0 Å². The first-order valence-corrected chi connectivity index (χ1v) is 6.41. The second-order valence-corrected chi connectivity index (χ2v) is 4.64. The number of carbonyl (C=O) groups excluding carboxylic acids is 1. The number of nitrogens with one attached hydrogen (secondary N) is 1. The number of aryl methyl sites for hydroxylation is 1. The molecule has 0 spiro atoms. The number of carbonyl (C=O) groups is 2. The van der Waals surface area contributed by atoms with Gasteiger partial charge in [-0.1, -0.05) is 0 Å². The summed E-state index contributed by atoms with van der Waals surface area (Å²) in [7, 11) is 0. The summed E-state index contributed by atoms with van der Waals surface area (Å²) < 4.78 is 1.71. The summed E-state index contributed by atoms with van der Waals surface area (Å²) in [4.78, 5) is 24.5. The molecule has 0 bridgehead atoms. The minimum absolute atomic E-state index is 0.262. The zero-order chi connectivity index (χ0) is 13.8. The topological polar surface area (TPSA) is 87.5 Å². The molecular weight excluding hydrogens is 248 g/mol. The van der Waals surface area contributed by atoms with Crippen LogP contribution in [0.4, 0.5) is 10.5 Å². The molecule has 1 aliphatic heterocycles. The lowest BCUT2D eigenvalue weighted by Gasteiger charge is -2.30. The Morgan fingerprint density at radius 2 is 2.37 bits per heavy atom. The third kappa shape index (κ3) is 3.24. The van der Waals surface area contributed by atoms with Crippen LogP contribution in [0.2, 0.25) is 0 Å². The number of carboxylic acid groups (broad SMARTS) is 1. The van der Waals surface area contributed by atoms with E-state index in [0.717, 1.165) is 13.0 Å². The number of piperidine rings is 1. The van der Waals surface area contributed by atoms with Crippen molar-refractivity contribution in [3.05, 3.63) is 12.4 Å². The molecule has 1 atom stereocenters. The number of amides is 2. The molecule has 104 valence electrons. The van der Waals surface area contributed by atoms with Gasteiger partial charge in [-0.05, 0) is 19.8 Å². The summed E-state index contributed by atoms with van der Waals surface area (Å²) >= 11 is 0. The van der Waals surface area contributed by atoms with Crippen molar-refractivity contribution in [2.75, 3.05) is 18.4 Å². The fourth-order valence-corrected chi connectivity index (χ4v) is 2.17. The van der Waals surface area contributed by atoms with Crippen LogP contribution in [0.5, 0.6) is 0 Å². The molecule has 0 aliphatic carbocycles. The molecule has 0 aromatic carbocycles. The van der Waals surface area contributed by atoms with Crippen LogP contribution < -0.4 is 5.32 Å². The predicted molar refractivity (Wildman–Crippen MR) is 68.9 cm³/mol. The van der Waals surface area contributed by atoms with E-state index in [4.69, 9.17) is 5.11 Å². The minimum atomic E-state index is -0.837. The molecule has 0 radical (unpaired) electrons. The van der Waals surface area contributed by atoms with Crippen LogP contribution in [0.15, 0.2) is 12.4 Å². The predicted octanol–water partition coefficient (Wildman–Crippen LogP) is 1.23. The number of rotatable bonds is 3. The van der Waals surface area contributed by atoms with Crippen molar-refractivity contribution in [1.82, 2.24) is 14.7 Å². The summed E-state index contributed by atoms with van der Waals surface area (Å²) in [5.74, 6) is -1.30. The van der Waals surface area contributed by atoms with Crippen LogP contribution in [-0.2, 0) is 11.3 Å². The highest BCUT2D eigenvalue weighted by molar-refractivity contribution is 5.89. The molecule has 1 fully saturated rings. The fraction of sp³-hybridized carbons (Fsp3) is 0.583. The van der Waals surface area contributed by atoms with E-state index in [1.807, 2.05) is 6.92 Å². The number of aromatic nitrogens is 2. The van der Waals surface area contributed by atoms with Crippen molar-refractivity contribution in [2.24, 2.45) is 5.92 Å². The highest BCUT2D eigenvalue weighted by Gasteiger charge is 2.28. The number of nitrogens with zero attached hydrogens (tertiary/aromatic N) is 3. The molecule has 2 N–H and O–H groups in total. The van der Waals surface area contributed by atoms with Gasteiger partial charge in [0.2, 0.25) is 0 Å². The maximum absolute atomic E-state index is 12.0. The van der Waals surface area contributed by atoms with Crippen molar-refractivity contribution in [3.8, 4) is 0 Å². The van der Waals surface area contributed by atoms with Crippen LogP contribution in [0.3, 0.4) is 0 Å². The number of hydrogen-bond acceptors (Lipinski definition) is 3. The summed E-state index contributed by atoms with van der Waals surface area (Å²) in [6, 6.07) is -0.262. The standard InChI is InChI=1S/C12H18N4O3/c1-2-16-8-10(6-13-16)14-12(19)15-5-3-4-9(7-15)11(17)18/h6,8-9H,2-5,7H2,1H3,(H,14,19)(H,17,18). The van der Waals surface area contributed by atoms with Crippen LogP contribution >= 0.6 is 0 Å². The normalized spacial score (nSPS) is 19.2. The maximum Gasteiger partial charge on any atom is 0.321 e. The molecule has 7 heteroatoms. The van der Waals surface area contributed by atoms with Crippen LogP contribution in [0, 0.1) is 5.92 Å². The van der Waals surface area contributed by atoms with Crippen molar-refractivity contribution in [3.63, 3.8) is 0 Å². The van der Waals surface area contributed by atoms with Gasteiger partial charge in [-0.15, -0.1) is 0 Å². The Bertz CT molecular complexity index is 471. The minimum Gasteiger partial charge on any atom is -0.481 e. The fourth-order valence-electron chi connectivity index (χ4n) is 2.17. The SMILES string of the molecule is CCn1cc(NC(=O)N2CCCC(C(=O)O)C2)cn1. The van der Waals surface area contributed by atoms with E-state index >= 15 is 0 Å². The number of aliphatic carboxylic acids is 1. The maximum atomic E-state index is 12.0. The van der Waals surface area contributed by atoms with Crippen LogP contribution in [0.1, 0.15) is 19.8 Å². The summed E-state index contributed by atoms with van der Waals surface area (Å²) in [6.45, 7) is 3.56. The van der Waals surface area contributed by atoms with Crippen molar-refractivity contribution in [2.45, 2.75) is 26.3 Å². The van der Waals surface area contributed by atoms with E-state index in [2.05, 4.69) is 10.4 Å². The Balaban J connectivity index is 1.93. The number of hydrogen-bond donors (Lipinski definition) is 2. The Hall–Kier alpha value is -2.05.